The third-order valence-corrected chi connectivity index (χ3v) is 2.77. The highest BCUT2D eigenvalue weighted by Crippen LogP contribution is 2.13. The number of benzene rings is 1. The number of aliphatic hydroxyl groups is 2. The van der Waals surface area contributed by atoms with Crippen LogP contribution in [0, 0.1) is 0 Å². The van der Waals surface area contributed by atoms with Gasteiger partial charge in [0.15, 0.2) is 0 Å². The monoisotopic (exact) mass is 254 g/mol. The van der Waals surface area contributed by atoms with Crippen molar-refractivity contribution in [2.75, 3.05) is 20.3 Å². The fourth-order valence-electron chi connectivity index (χ4n) is 1.55. The number of rotatable bonds is 8. The molecule has 0 fully saturated rings. The Morgan fingerprint density at radius 1 is 1.22 bits per heavy atom. The second-order valence-corrected chi connectivity index (χ2v) is 4.66. The van der Waals surface area contributed by atoms with Crippen LogP contribution < -0.4 is 4.74 Å². The van der Waals surface area contributed by atoms with Gasteiger partial charge in [0.05, 0.1) is 25.9 Å². The van der Waals surface area contributed by atoms with Crippen LogP contribution in [0.2, 0.25) is 0 Å². The van der Waals surface area contributed by atoms with E-state index in [1.807, 2.05) is 24.3 Å². The van der Waals surface area contributed by atoms with Gasteiger partial charge >= 0.3 is 0 Å². The van der Waals surface area contributed by atoms with Crippen molar-refractivity contribution in [2.24, 2.45) is 0 Å². The Bertz CT molecular complexity index is 332. The Morgan fingerprint density at radius 3 is 2.44 bits per heavy atom. The van der Waals surface area contributed by atoms with Crippen LogP contribution in [-0.2, 0) is 11.3 Å². The van der Waals surface area contributed by atoms with E-state index in [-0.39, 0.29) is 6.61 Å². The molecule has 0 heterocycles. The average molecular weight is 254 g/mol. The maximum Gasteiger partial charge on any atom is 0.118 e. The summed E-state index contributed by atoms with van der Waals surface area (Å²) in [4.78, 5) is 0. The zero-order valence-electron chi connectivity index (χ0n) is 11.1. The van der Waals surface area contributed by atoms with Crippen LogP contribution in [0.5, 0.6) is 5.75 Å². The molecule has 0 amide bonds. The summed E-state index contributed by atoms with van der Waals surface area (Å²) in [7, 11) is 1.64. The first-order chi connectivity index (χ1) is 8.57. The molecule has 4 heteroatoms. The van der Waals surface area contributed by atoms with Crippen LogP contribution in [0.25, 0.3) is 0 Å². The molecule has 1 rings (SSSR count). The van der Waals surface area contributed by atoms with Gasteiger partial charge in [0, 0.05) is 6.61 Å². The highest BCUT2D eigenvalue weighted by Gasteiger charge is 2.17. The van der Waals surface area contributed by atoms with Crippen LogP contribution >= 0.6 is 0 Å². The summed E-state index contributed by atoms with van der Waals surface area (Å²) in [5, 5.41) is 18.5. The molecule has 2 N–H and O–H groups in total. The lowest BCUT2D eigenvalue weighted by atomic mass is 10.0. The molecule has 0 spiro atoms. The third kappa shape index (κ3) is 5.49. The molecular weight excluding hydrogens is 232 g/mol. The molecule has 0 aliphatic heterocycles. The predicted molar refractivity (Wildman–Crippen MR) is 69.6 cm³/mol. The highest BCUT2D eigenvalue weighted by molar-refractivity contribution is 5.26. The summed E-state index contributed by atoms with van der Waals surface area (Å²) in [6.45, 7) is 2.52. The lowest BCUT2D eigenvalue weighted by Crippen LogP contribution is -2.29. The second kappa shape index (κ2) is 7.36. The molecule has 0 radical (unpaired) electrons. The quantitative estimate of drug-likeness (QED) is 0.694. The van der Waals surface area contributed by atoms with E-state index >= 15 is 0 Å². The number of aliphatic hydroxyl groups excluding tert-OH is 1. The molecule has 1 atom stereocenters. The molecular formula is C14H22O4. The molecule has 1 aromatic carbocycles. The summed E-state index contributed by atoms with van der Waals surface area (Å²) < 4.78 is 10.6. The first kappa shape index (κ1) is 15.0. The molecule has 1 aromatic rings. The van der Waals surface area contributed by atoms with E-state index in [4.69, 9.17) is 14.6 Å². The van der Waals surface area contributed by atoms with Gasteiger partial charge in [-0.25, -0.2) is 0 Å². The van der Waals surface area contributed by atoms with Crippen LogP contribution in [-0.4, -0.2) is 36.1 Å². The number of hydrogen-bond acceptors (Lipinski definition) is 4. The molecule has 0 aliphatic rings. The van der Waals surface area contributed by atoms with Crippen molar-refractivity contribution in [1.29, 1.82) is 0 Å². The largest absolute Gasteiger partial charge is 0.497 e. The van der Waals surface area contributed by atoms with Gasteiger partial charge in [-0.2, -0.15) is 0 Å². The van der Waals surface area contributed by atoms with E-state index in [0.717, 1.165) is 17.7 Å². The first-order valence-electron chi connectivity index (χ1n) is 6.11. The zero-order valence-corrected chi connectivity index (χ0v) is 11.1. The van der Waals surface area contributed by atoms with Crippen molar-refractivity contribution in [1.82, 2.24) is 0 Å². The highest BCUT2D eigenvalue weighted by atomic mass is 16.5. The minimum atomic E-state index is -0.997. The molecule has 18 heavy (non-hydrogen) atoms. The van der Waals surface area contributed by atoms with Gasteiger partial charge < -0.3 is 19.7 Å². The Balaban J connectivity index is 2.17. The summed E-state index contributed by atoms with van der Waals surface area (Å²) in [6.07, 6.45) is 1.26. The smallest absolute Gasteiger partial charge is 0.118 e. The summed E-state index contributed by atoms with van der Waals surface area (Å²) in [5.74, 6) is 0.831. The van der Waals surface area contributed by atoms with Gasteiger partial charge in [-0.15, -0.1) is 0 Å². The van der Waals surface area contributed by atoms with E-state index in [9.17, 15) is 5.11 Å². The Hall–Kier alpha value is -1.10. The van der Waals surface area contributed by atoms with Crippen molar-refractivity contribution in [2.45, 2.75) is 32.0 Å². The molecule has 102 valence electrons. The van der Waals surface area contributed by atoms with Crippen molar-refractivity contribution in [3.63, 3.8) is 0 Å². The van der Waals surface area contributed by atoms with Gasteiger partial charge in [-0.3, -0.25) is 0 Å². The lowest BCUT2D eigenvalue weighted by molar-refractivity contribution is -0.0134. The molecule has 0 bridgehead atoms. The van der Waals surface area contributed by atoms with Gasteiger partial charge in [0.2, 0.25) is 0 Å². The second-order valence-electron chi connectivity index (χ2n) is 4.66. The predicted octanol–water partition coefficient (Wildman–Crippen LogP) is 1.74. The molecule has 1 unspecified atom stereocenters. The van der Waals surface area contributed by atoms with Gasteiger partial charge in [-0.1, -0.05) is 12.1 Å². The van der Waals surface area contributed by atoms with Crippen LogP contribution in [0.3, 0.4) is 0 Å². The summed E-state index contributed by atoms with van der Waals surface area (Å²) >= 11 is 0. The standard InChI is InChI=1S/C14H22O4/c1-14(16,11-15)8-3-9-18-10-12-4-6-13(17-2)7-5-12/h4-7,15-16H,3,8-11H2,1-2H3. The Labute approximate surface area is 108 Å². The maximum atomic E-state index is 9.58. The first-order valence-corrected chi connectivity index (χ1v) is 6.11. The van der Waals surface area contributed by atoms with Crippen molar-refractivity contribution >= 4 is 0 Å². The van der Waals surface area contributed by atoms with Crippen LogP contribution in [0.4, 0.5) is 0 Å². The molecule has 0 aromatic heterocycles. The van der Waals surface area contributed by atoms with Gasteiger partial charge in [0.1, 0.15) is 5.75 Å². The maximum absolute atomic E-state index is 9.58. The third-order valence-electron chi connectivity index (χ3n) is 2.77. The lowest BCUT2D eigenvalue weighted by Gasteiger charge is -2.19. The Morgan fingerprint density at radius 2 is 1.89 bits per heavy atom. The van der Waals surface area contributed by atoms with E-state index in [1.165, 1.54) is 0 Å². The van der Waals surface area contributed by atoms with Crippen LogP contribution in [0.1, 0.15) is 25.3 Å². The van der Waals surface area contributed by atoms with Crippen LogP contribution in [0.15, 0.2) is 24.3 Å². The normalized spacial score (nSPS) is 14.2. The van der Waals surface area contributed by atoms with Gasteiger partial charge in [0.25, 0.3) is 0 Å². The SMILES string of the molecule is COc1ccc(COCCCC(C)(O)CO)cc1. The fourth-order valence-corrected chi connectivity index (χ4v) is 1.55. The summed E-state index contributed by atoms with van der Waals surface area (Å²) in [5.41, 5.74) is 0.0911. The van der Waals surface area contributed by atoms with E-state index in [0.29, 0.717) is 19.6 Å². The summed E-state index contributed by atoms with van der Waals surface area (Å²) in [6, 6.07) is 7.72. The number of methoxy groups -OCH3 is 1. The number of ether oxygens (including phenoxy) is 2. The molecule has 0 saturated carbocycles. The average Bonchev–Trinajstić information content (AvgIpc) is 2.39. The topological polar surface area (TPSA) is 58.9 Å². The minimum absolute atomic E-state index is 0.217. The van der Waals surface area contributed by atoms with Gasteiger partial charge in [-0.05, 0) is 37.5 Å². The Kier molecular flexibility index (Phi) is 6.12. The zero-order chi connectivity index (χ0) is 13.4. The molecule has 0 saturated heterocycles. The number of hydrogen-bond donors (Lipinski definition) is 2. The molecule has 0 aliphatic carbocycles. The van der Waals surface area contributed by atoms with E-state index < -0.39 is 5.60 Å². The van der Waals surface area contributed by atoms with E-state index in [1.54, 1.807) is 14.0 Å². The molecule has 4 nitrogen and oxygen atoms in total. The van der Waals surface area contributed by atoms with Crippen molar-refractivity contribution < 1.29 is 19.7 Å². The fraction of sp³-hybridized carbons (Fsp3) is 0.571. The van der Waals surface area contributed by atoms with Crippen molar-refractivity contribution in [3.05, 3.63) is 29.8 Å². The van der Waals surface area contributed by atoms with Crippen molar-refractivity contribution in [3.8, 4) is 5.75 Å². The van der Waals surface area contributed by atoms with E-state index in [2.05, 4.69) is 0 Å². The minimum Gasteiger partial charge on any atom is -0.497 e.